The zero-order chi connectivity index (χ0) is 20.1. The average Bonchev–Trinajstić information content (AvgIpc) is 3.37. The molecule has 0 saturated heterocycles. The maximum atomic E-state index is 12.5. The number of pyridine rings is 1. The normalized spacial score (nSPS) is 16.0. The first-order valence-electron chi connectivity index (χ1n) is 9.28. The van der Waals surface area contributed by atoms with E-state index in [0.29, 0.717) is 12.4 Å². The number of nitrogens with one attached hydrogen (secondary N) is 1. The Balaban J connectivity index is 1.71. The minimum atomic E-state index is -0.414. The topological polar surface area (TPSA) is 108 Å². The number of nitriles is 1. The van der Waals surface area contributed by atoms with Crippen LogP contribution in [-0.4, -0.2) is 35.7 Å². The molecule has 0 fully saturated rings. The molecule has 4 aromatic heterocycles. The van der Waals surface area contributed by atoms with E-state index in [1.54, 1.807) is 19.6 Å². The van der Waals surface area contributed by atoms with E-state index in [1.165, 1.54) is 4.57 Å². The van der Waals surface area contributed by atoms with Crippen LogP contribution in [0.4, 0.5) is 5.82 Å². The highest BCUT2D eigenvalue weighted by Gasteiger charge is 2.34. The predicted molar refractivity (Wildman–Crippen MR) is 106 cm³/mol. The third-order valence-electron chi connectivity index (χ3n) is 5.50. The summed E-state index contributed by atoms with van der Waals surface area (Å²) in [6.07, 6.45) is 5.94. The van der Waals surface area contributed by atoms with Crippen molar-refractivity contribution in [3.05, 3.63) is 75.6 Å². The van der Waals surface area contributed by atoms with Gasteiger partial charge in [0.25, 0.3) is 5.56 Å². The second-order valence-corrected chi connectivity index (χ2v) is 7.14. The van der Waals surface area contributed by atoms with E-state index in [2.05, 4.69) is 25.9 Å². The van der Waals surface area contributed by atoms with Crippen LogP contribution in [0.1, 0.15) is 34.4 Å². The molecule has 4 aromatic rings. The second kappa shape index (κ2) is 6.31. The van der Waals surface area contributed by atoms with E-state index in [-0.39, 0.29) is 11.7 Å². The largest absolute Gasteiger partial charge is 0.348 e. The summed E-state index contributed by atoms with van der Waals surface area (Å²) in [4.78, 5) is 26.4. The van der Waals surface area contributed by atoms with Crippen molar-refractivity contribution in [1.82, 2.24) is 29.1 Å². The lowest BCUT2D eigenvalue weighted by molar-refractivity contribution is 0.592. The SMILES string of the molecule is Cc1cccn2nc([C@H]3c4nc[nH]c4CCN3c3cnc(C#N)c(=O)n3C)cc12. The number of hydrogen-bond acceptors (Lipinski definition) is 6. The Morgan fingerprint density at radius 2 is 2.21 bits per heavy atom. The zero-order valence-corrected chi connectivity index (χ0v) is 16.0. The summed E-state index contributed by atoms with van der Waals surface area (Å²) in [6, 6.07) is 7.65. The maximum Gasteiger partial charge on any atom is 0.288 e. The highest BCUT2D eigenvalue weighted by Crippen LogP contribution is 2.36. The Labute approximate surface area is 165 Å². The van der Waals surface area contributed by atoms with Crippen LogP contribution in [0.3, 0.4) is 0 Å². The van der Waals surface area contributed by atoms with Gasteiger partial charge in [0.2, 0.25) is 5.69 Å². The van der Waals surface area contributed by atoms with E-state index >= 15 is 0 Å². The van der Waals surface area contributed by atoms with Crippen molar-refractivity contribution >= 4 is 11.3 Å². The third kappa shape index (κ3) is 2.53. The Morgan fingerprint density at radius 1 is 1.34 bits per heavy atom. The zero-order valence-electron chi connectivity index (χ0n) is 16.0. The van der Waals surface area contributed by atoms with E-state index < -0.39 is 5.56 Å². The van der Waals surface area contributed by atoms with E-state index in [0.717, 1.165) is 34.6 Å². The Kier molecular flexibility index (Phi) is 3.74. The van der Waals surface area contributed by atoms with Crippen LogP contribution in [0.25, 0.3) is 5.52 Å². The predicted octanol–water partition coefficient (Wildman–Crippen LogP) is 1.48. The van der Waals surface area contributed by atoms with Gasteiger partial charge in [0, 0.05) is 31.9 Å². The van der Waals surface area contributed by atoms with Gasteiger partial charge in [0.15, 0.2) is 0 Å². The van der Waals surface area contributed by atoms with Gasteiger partial charge < -0.3 is 9.88 Å². The lowest BCUT2D eigenvalue weighted by atomic mass is 9.99. The molecule has 1 aliphatic rings. The maximum absolute atomic E-state index is 12.5. The average molecular weight is 386 g/mol. The number of fused-ring (bicyclic) bond motifs is 2. The lowest BCUT2D eigenvalue weighted by Gasteiger charge is -2.36. The van der Waals surface area contributed by atoms with Gasteiger partial charge in [-0.15, -0.1) is 0 Å². The molecule has 9 heteroatoms. The first-order valence-corrected chi connectivity index (χ1v) is 9.28. The van der Waals surface area contributed by atoms with Gasteiger partial charge in [-0.1, -0.05) is 6.07 Å². The monoisotopic (exact) mass is 386 g/mol. The van der Waals surface area contributed by atoms with Gasteiger partial charge >= 0.3 is 0 Å². The molecule has 0 aromatic carbocycles. The number of nitrogens with zero attached hydrogens (tertiary/aromatic N) is 7. The molecule has 1 aliphatic heterocycles. The molecule has 1 atom stereocenters. The molecule has 0 amide bonds. The molecule has 0 bridgehead atoms. The minimum Gasteiger partial charge on any atom is -0.348 e. The van der Waals surface area contributed by atoms with Crippen LogP contribution in [-0.2, 0) is 13.5 Å². The number of aromatic nitrogens is 6. The summed E-state index contributed by atoms with van der Waals surface area (Å²) in [7, 11) is 1.66. The van der Waals surface area contributed by atoms with Crippen LogP contribution in [0, 0.1) is 18.3 Å². The molecular formula is C20H18N8O. The number of aryl methyl sites for hydroxylation is 1. The van der Waals surface area contributed by atoms with Gasteiger partial charge in [0.1, 0.15) is 17.9 Å². The van der Waals surface area contributed by atoms with E-state index in [9.17, 15) is 4.79 Å². The second-order valence-electron chi connectivity index (χ2n) is 7.14. The Morgan fingerprint density at radius 3 is 3.00 bits per heavy atom. The highest BCUT2D eigenvalue weighted by atomic mass is 16.1. The number of rotatable bonds is 2. The number of anilines is 1. The molecule has 9 nitrogen and oxygen atoms in total. The van der Waals surface area contributed by atoms with Crippen LogP contribution < -0.4 is 10.5 Å². The Hall–Kier alpha value is -3.93. The van der Waals surface area contributed by atoms with Crippen molar-refractivity contribution in [2.75, 3.05) is 11.4 Å². The lowest BCUT2D eigenvalue weighted by Crippen LogP contribution is -2.40. The highest BCUT2D eigenvalue weighted by molar-refractivity contribution is 5.57. The molecule has 0 radical (unpaired) electrons. The molecule has 5 rings (SSSR count). The fourth-order valence-corrected chi connectivity index (χ4v) is 4.00. The molecule has 29 heavy (non-hydrogen) atoms. The summed E-state index contributed by atoms with van der Waals surface area (Å²) >= 11 is 0. The van der Waals surface area contributed by atoms with Gasteiger partial charge in [-0.2, -0.15) is 10.4 Å². The molecule has 0 aliphatic carbocycles. The Bertz CT molecular complexity index is 1340. The number of hydrogen-bond donors (Lipinski definition) is 1. The minimum absolute atomic E-state index is 0.117. The first-order chi connectivity index (χ1) is 14.1. The number of aromatic amines is 1. The molecule has 0 spiro atoms. The fraction of sp³-hybridized carbons (Fsp3) is 0.250. The van der Waals surface area contributed by atoms with Crippen molar-refractivity contribution < 1.29 is 0 Å². The first kappa shape index (κ1) is 17.2. The standard InChI is InChI=1S/C20H18N8O/c1-12-4-3-6-28-16(12)8-14(25-28)19-18-13(23-11-24-18)5-7-27(19)17-10-22-15(9-21)20(29)26(17)2/h3-4,6,8,10-11,19H,5,7H2,1-2H3,(H,23,24)/t19-/m0/s1. The van der Waals surface area contributed by atoms with Gasteiger partial charge in [0.05, 0.1) is 29.4 Å². The fourth-order valence-electron chi connectivity index (χ4n) is 4.00. The quantitative estimate of drug-likeness (QED) is 0.559. The van der Waals surface area contributed by atoms with Crippen LogP contribution >= 0.6 is 0 Å². The van der Waals surface area contributed by atoms with Crippen molar-refractivity contribution in [1.29, 1.82) is 5.26 Å². The summed E-state index contributed by atoms with van der Waals surface area (Å²) < 4.78 is 3.33. The van der Waals surface area contributed by atoms with Crippen molar-refractivity contribution in [3.8, 4) is 6.07 Å². The van der Waals surface area contributed by atoms with Gasteiger partial charge in [-0.05, 0) is 24.6 Å². The van der Waals surface area contributed by atoms with Crippen LogP contribution in [0.5, 0.6) is 0 Å². The summed E-state index contributed by atoms with van der Waals surface area (Å²) in [6.45, 7) is 2.71. The van der Waals surface area contributed by atoms with Crippen LogP contribution in [0.2, 0.25) is 0 Å². The summed E-state index contributed by atoms with van der Waals surface area (Å²) in [5.74, 6) is 0.626. The van der Waals surface area contributed by atoms with Crippen molar-refractivity contribution in [3.63, 3.8) is 0 Å². The molecule has 0 unspecified atom stereocenters. The van der Waals surface area contributed by atoms with Crippen LogP contribution in [0.15, 0.2) is 41.7 Å². The van der Waals surface area contributed by atoms with Crippen molar-refractivity contribution in [2.45, 2.75) is 19.4 Å². The van der Waals surface area contributed by atoms with E-state index in [4.69, 9.17) is 10.4 Å². The van der Waals surface area contributed by atoms with E-state index in [1.807, 2.05) is 35.8 Å². The van der Waals surface area contributed by atoms with Gasteiger partial charge in [-0.25, -0.2) is 14.5 Å². The number of H-pyrrole nitrogens is 1. The molecule has 144 valence electrons. The van der Waals surface area contributed by atoms with Crippen molar-refractivity contribution in [2.24, 2.45) is 7.05 Å². The summed E-state index contributed by atoms with van der Waals surface area (Å²) in [5.41, 5.74) is 4.40. The smallest absolute Gasteiger partial charge is 0.288 e. The molecule has 1 N–H and O–H groups in total. The van der Waals surface area contributed by atoms with Gasteiger partial charge in [-0.3, -0.25) is 9.36 Å². The summed E-state index contributed by atoms with van der Waals surface area (Å²) in [5, 5.41) is 13.9. The molecule has 5 heterocycles. The molecular weight excluding hydrogens is 368 g/mol. The molecule has 0 saturated carbocycles. The number of imidazole rings is 1. The third-order valence-corrected chi connectivity index (χ3v) is 5.50.